The number of guanidine groups is 1. The van der Waals surface area contributed by atoms with Gasteiger partial charge in [-0.25, -0.2) is 4.99 Å². The summed E-state index contributed by atoms with van der Waals surface area (Å²) in [7, 11) is 2.04. The van der Waals surface area contributed by atoms with Crippen LogP contribution in [0.5, 0.6) is 0 Å². The van der Waals surface area contributed by atoms with Crippen LogP contribution in [0.25, 0.3) is 0 Å². The van der Waals surface area contributed by atoms with E-state index in [1.807, 2.05) is 7.05 Å². The van der Waals surface area contributed by atoms with Crippen molar-refractivity contribution in [3.8, 4) is 0 Å². The van der Waals surface area contributed by atoms with Crippen LogP contribution in [0.3, 0.4) is 0 Å². The molecule has 2 unspecified atom stereocenters. The molecule has 1 aliphatic heterocycles. The fraction of sp³-hybridized carbons (Fsp3) is 0.706. The Morgan fingerprint density at radius 3 is 2.82 bits per heavy atom. The zero-order chi connectivity index (χ0) is 15.5. The van der Waals surface area contributed by atoms with E-state index in [0.29, 0.717) is 12.0 Å². The summed E-state index contributed by atoms with van der Waals surface area (Å²) in [5.74, 6) is 1.63. The lowest BCUT2D eigenvalue weighted by Gasteiger charge is -2.20. The molecule has 2 atom stereocenters. The maximum atomic E-state index is 4.74. The van der Waals surface area contributed by atoms with Crippen molar-refractivity contribution in [3.05, 3.63) is 24.0 Å². The molecule has 1 aromatic heterocycles. The van der Waals surface area contributed by atoms with Gasteiger partial charge in [-0.1, -0.05) is 6.92 Å². The molecule has 1 saturated heterocycles. The molecule has 0 radical (unpaired) electrons. The van der Waals surface area contributed by atoms with Crippen LogP contribution in [-0.4, -0.2) is 47.1 Å². The lowest BCUT2D eigenvalue weighted by molar-refractivity contribution is 0.315. The number of aryl methyl sites for hydroxylation is 1. The molecule has 122 valence electrons. The predicted octanol–water partition coefficient (Wildman–Crippen LogP) is 1.56. The SMILES string of the molecule is CCNC(=NCc1ccn(C)c1)NC1CN(C2CC2)CC1C. The standard InChI is InChI=1S/C17H29N5/c1-4-18-17(19-9-14-7-8-21(3)11-14)20-16-12-22(10-13(16)2)15-5-6-15/h7-8,11,13,15-16H,4-6,9-10,12H2,1-3H3,(H2,18,19,20). The molecule has 2 heterocycles. The summed E-state index contributed by atoms with van der Waals surface area (Å²) in [6.07, 6.45) is 6.97. The molecule has 5 nitrogen and oxygen atoms in total. The van der Waals surface area contributed by atoms with Crippen LogP contribution < -0.4 is 10.6 Å². The van der Waals surface area contributed by atoms with Crippen molar-refractivity contribution >= 4 is 5.96 Å². The summed E-state index contributed by atoms with van der Waals surface area (Å²) in [6, 6.07) is 3.49. The Bertz CT molecular complexity index is 517. The van der Waals surface area contributed by atoms with E-state index in [1.54, 1.807) is 0 Å². The molecule has 2 N–H and O–H groups in total. The van der Waals surface area contributed by atoms with E-state index in [0.717, 1.165) is 31.6 Å². The van der Waals surface area contributed by atoms with Gasteiger partial charge in [0.25, 0.3) is 0 Å². The second kappa shape index (κ2) is 6.73. The van der Waals surface area contributed by atoms with Crippen molar-refractivity contribution in [2.75, 3.05) is 19.6 Å². The van der Waals surface area contributed by atoms with Gasteiger partial charge in [0.15, 0.2) is 5.96 Å². The summed E-state index contributed by atoms with van der Waals surface area (Å²) < 4.78 is 2.07. The van der Waals surface area contributed by atoms with E-state index in [1.165, 1.54) is 24.9 Å². The minimum Gasteiger partial charge on any atom is -0.357 e. The Morgan fingerprint density at radius 2 is 2.18 bits per heavy atom. The van der Waals surface area contributed by atoms with Crippen LogP contribution >= 0.6 is 0 Å². The lowest BCUT2D eigenvalue weighted by atomic mass is 10.1. The van der Waals surface area contributed by atoms with E-state index in [-0.39, 0.29) is 0 Å². The van der Waals surface area contributed by atoms with Crippen molar-refractivity contribution in [1.29, 1.82) is 0 Å². The smallest absolute Gasteiger partial charge is 0.191 e. The summed E-state index contributed by atoms with van der Waals surface area (Å²) >= 11 is 0. The van der Waals surface area contributed by atoms with Gasteiger partial charge >= 0.3 is 0 Å². The Morgan fingerprint density at radius 1 is 1.36 bits per heavy atom. The van der Waals surface area contributed by atoms with Crippen LogP contribution in [0.15, 0.2) is 23.5 Å². The first-order valence-electron chi connectivity index (χ1n) is 8.55. The van der Waals surface area contributed by atoms with Crippen molar-refractivity contribution < 1.29 is 0 Å². The number of nitrogens with one attached hydrogen (secondary N) is 2. The maximum absolute atomic E-state index is 4.74. The van der Waals surface area contributed by atoms with E-state index in [2.05, 4.69) is 52.4 Å². The summed E-state index contributed by atoms with van der Waals surface area (Å²) in [5, 5.41) is 7.03. The molecule has 0 amide bonds. The van der Waals surface area contributed by atoms with Crippen molar-refractivity contribution in [2.24, 2.45) is 18.0 Å². The third kappa shape index (κ3) is 3.83. The quantitative estimate of drug-likeness (QED) is 0.641. The van der Waals surface area contributed by atoms with Gasteiger partial charge in [-0.05, 0) is 37.3 Å². The molecule has 1 aromatic rings. The Balaban J connectivity index is 1.58. The molecular formula is C17H29N5. The first-order valence-corrected chi connectivity index (χ1v) is 8.55. The third-order valence-corrected chi connectivity index (χ3v) is 4.68. The zero-order valence-corrected chi connectivity index (χ0v) is 14.0. The first-order chi connectivity index (χ1) is 10.7. The average molecular weight is 303 g/mol. The Kier molecular flexibility index (Phi) is 4.71. The fourth-order valence-corrected chi connectivity index (χ4v) is 3.25. The van der Waals surface area contributed by atoms with E-state index in [9.17, 15) is 0 Å². The molecular weight excluding hydrogens is 274 g/mol. The molecule has 5 heteroatoms. The largest absolute Gasteiger partial charge is 0.357 e. The van der Waals surface area contributed by atoms with E-state index in [4.69, 9.17) is 4.99 Å². The minimum absolute atomic E-state index is 0.508. The van der Waals surface area contributed by atoms with Gasteiger partial charge in [-0.2, -0.15) is 0 Å². The average Bonchev–Trinajstić information content (AvgIpc) is 3.16. The normalized spacial score (nSPS) is 26.4. The highest BCUT2D eigenvalue weighted by atomic mass is 15.3. The second-order valence-electron chi connectivity index (χ2n) is 6.79. The number of rotatable bonds is 5. The van der Waals surface area contributed by atoms with E-state index < -0.39 is 0 Å². The van der Waals surface area contributed by atoms with Gasteiger partial charge in [-0.3, -0.25) is 4.90 Å². The highest BCUT2D eigenvalue weighted by Gasteiger charge is 2.38. The van der Waals surface area contributed by atoms with E-state index >= 15 is 0 Å². The minimum atomic E-state index is 0.508. The number of aliphatic imine (C=N–C) groups is 1. The van der Waals surface area contributed by atoms with Crippen LogP contribution in [0, 0.1) is 5.92 Å². The molecule has 0 aromatic carbocycles. The van der Waals surface area contributed by atoms with Crippen molar-refractivity contribution in [3.63, 3.8) is 0 Å². The predicted molar refractivity (Wildman–Crippen MR) is 90.9 cm³/mol. The van der Waals surface area contributed by atoms with Gasteiger partial charge in [0, 0.05) is 51.2 Å². The second-order valence-corrected chi connectivity index (χ2v) is 6.79. The molecule has 1 aliphatic carbocycles. The van der Waals surface area contributed by atoms with Gasteiger partial charge in [0.2, 0.25) is 0 Å². The van der Waals surface area contributed by atoms with Crippen LogP contribution in [-0.2, 0) is 13.6 Å². The Hall–Kier alpha value is -1.49. The number of likely N-dealkylation sites (tertiary alicyclic amines) is 1. The number of nitrogens with zero attached hydrogens (tertiary/aromatic N) is 3. The first kappa shape index (κ1) is 15.4. The van der Waals surface area contributed by atoms with Crippen molar-refractivity contribution in [1.82, 2.24) is 20.1 Å². The molecule has 1 saturated carbocycles. The summed E-state index contributed by atoms with van der Waals surface area (Å²) in [5.41, 5.74) is 1.25. The summed E-state index contributed by atoms with van der Waals surface area (Å²) in [4.78, 5) is 7.39. The van der Waals surface area contributed by atoms with Gasteiger partial charge < -0.3 is 15.2 Å². The van der Waals surface area contributed by atoms with Crippen molar-refractivity contribution in [2.45, 2.75) is 45.3 Å². The molecule has 22 heavy (non-hydrogen) atoms. The monoisotopic (exact) mass is 303 g/mol. The molecule has 0 spiro atoms. The molecule has 2 aliphatic rings. The van der Waals surface area contributed by atoms with Gasteiger partial charge in [0.1, 0.15) is 0 Å². The molecule has 0 bridgehead atoms. The van der Waals surface area contributed by atoms with Gasteiger partial charge in [-0.15, -0.1) is 0 Å². The molecule has 2 fully saturated rings. The van der Waals surface area contributed by atoms with Crippen LogP contribution in [0.1, 0.15) is 32.3 Å². The number of hydrogen-bond acceptors (Lipinski definition) is 2. The lowest BCUT2D eigenvalue weighted by Crippen LogP contribution is -2.46. The number of hydrogen-bond donors (Lipinski definition) is 2. The highest BCUT2D eigenvalue weighted by Crippen LogP contribution is 2.31. The zero-order valence-electron chi connectivity index (χ0n) is 14.0. The molecule has 3 rings (SSSR count). The topological polar surface area (TPSA) is 44.6 Å². The van der Waals surface area contributed by atoms with Gasteiger partial charge in [0.05, 0.1) is 6.54 Å². The van der Waals surface area contributed by atoms with Crippen LogP contribution in [0.2, 0.25) is 0 Å². The maximum Gasteiger partial charge on any atom is 0.191 e. The van der Waals surface area contributed by atoms with Crippen LogP contribution in [0.4, 0.5) is 0 Å². The Labute approximate surface area is 133 Å². The number of aromatic nitrogens is 1. The summed E-state index contributed by atoms with van der Waals surface area (Å²) in [6.45, 7) is 8.47. The third-order valence-electron chi connectivity index (χ3n) is 4.68. The highest BCUT2D eigenvalue weighted by molar-refractivity contribution is 5.80. The fourth-order valence-electron chi connectivity index (χ4n) is 3.25.